The van der Waals surface area contributed by atoms with Crippen molar-refractivity contribution in [1.82, 2.24) is 4.98 Å². The van der Waals surface area contributed by atoms with Crippen LogP contribution in [0.3, 0.4) is 0 Å². The Morgan fingerprint density at radius 2 is 1.52 bits per heavy atom. The quantitative estimate of drug-likeness (QED) is 0.279. The minimum Gasteiger partial charge on any atom is -0.454 e. The lowest BCUT2D eigenvalue weighted by Crippen LogP contribution is -2.15. The number of nitrogens with zero attached hydrogens (tertiary/aromatic N) is 1. The number of hydrogen-bond donors (Lipinski definition) is 0. The van der Waals surface area contributed by atoms with Crippen LogP contribution in [0.4, 0.5) is 0 Å². The number of aromatic nitrogens is 1. The minimum atomic E-state index is -0.594. The summed E-state index contributed by atoms with van der Waals surface area (Å²) >= 11 is 6.16. The number of aryl methyl sites for hydroxylation is 2. The van der Waals surface area contributed by atoms with Crippen LogP contribution < -0.4 is 0 Å². The van der Waals surface area contributed by atoms with E-state index in [1.165, 1.54) is 0 Å². The number of Topliss-reactive ketones (excluding diaryl/α,β-unsaturated/α-hetero) is 1. The number of hydrogen-bond acceptors (Lipinski definition) is 4. The first-order valence-corrected chi connectivity index (χ1v) is 10.2. The van der Waals surface area contributed by atoms with Crippen molar-refractivity contribution in [1.29, 1.82) is 0 Å². The SMILES string of the molecule is Cc1ccc(C(=O)COC(=O)c2cc(-c3ccc(C)cc3)nc3ccc(Cl)cc23)cc1. The number of pyridine rings is 1. The molecule has 0 aliphatic heterocycles. The monoisotopic (exact) mass is 429 g/mol. The second-order valence-electron chi connectivity index (χ2n) is 7.45. The largest absolute Gasteiger partial charge is 0.454 e. The van der Waals surface area contributed by atoms with Gasteiger partial charge in [0.25, 0.3) is 0 Å². The number of ketones is 1. The van der Waals surface area contributed by atoms with Crippen molar-refractivity contribution in [2.24, 2.45) is 0 Å². The van der Waals surface area contributed by atoms with E-state index in [1.54, 1.807) is 36.4 Å². The zero-order chi connectivity index (χ0) is 22.0. The van der Waals surface area contributed by atoms with E-state index in [4.69, 9.17) is 16.3 Å². The van der Waals surface area contributed by atoms with E-state index in [0.29, 0.717) is 32.7 Å². The number of carbonyl (C=O) groups excluding carboxylic acids is 2. The first-order valence-electron chi connectivity index (χ1n) is 9.85. The van der Waals surface area contributed by atoms with Gasteiger partial charge in [0.15, 0.2) is 12.4 Å². The van der Waals surface area contributed by atoms with E-state index in [0.717, 1.165) is 16.7 Å². The van der Waals surface area contributed by atoms with Gasteiger partial charge in [0, 0.05) is 21.5 Å². The maximum Gasteiger partial charge on any atom is 0.339 e. The summed E-state index contributed by atoms with van der Waals surface area (Å²) in [7, 11) is 0. The Bertz CT molecular complexity index is 1280. The summed E-state index contributed by atoms with van der Waals surface area (Å²) in [6, 6.07) is 21.9. The molecule has 0 aliphatic rings. The summed E-state index contributed by atoms with van der Waals surface area (Å²) in [6.07, 6.45) is 0. The smallest absolute Gasteiger partial charge is 0.339 e. The van der Waals surface area contributed by atoms with Crippen LogP contribution in [0, 0.1) is 13.8 Å². The van der Waals surface area contributed by atoms with Gasteiger partial charge in [-0.25, -0.2) is 9.78 Å². The van der Waals surface area contributed by atoms with Crippen molar-refractivity contribution in [3.05, 3.63) is 100 Å². The number of benzene rings is 3. The van der Waals surface area contributed by atoms with E-state index in [2.05, 4.69) is 4.98 Å². The van der Waals surface area contributed by atoms with Gasteiger partial charge in [-0.2, -0.15) is 0 Å². The number of carbonyl (C=O) groups is 2. The number of esters is 1. The molecule has 1 heterocycles. The van der Waals surface area contributed by atoms with Gasteiger partial charge in [0.05, 0.1) is 16.8 Å². The highest BCUT2D eigenvalue weighted by Crippen LogP contribution is 2.28. The number of ether oxygens (including phenoxy) is 1. The van der Waals surface area contributed by atoms with E-state index >= 15 is 0 Å². The van der Waals surface area contributed by atoms with Crippen molar-refractivity contribution < 1.29 is 14.3 Å². The lowest BCUT2D eigenvalue weighted by Gasteiger charge is -2.11. The van der Waals surface area contributed by atoms with E-state index < -0.39 is 5.97 Å². The Hall–Kier alpha value is -3.50. The van der Waals surface area contributed by atoms with Crippen LogP contribution in [-0.4, -0.2) is 23.3 Å². The molecule has 0 fully saturated rings. The molecule has 0 saturated heterocycles. The molecule has 0 spiro atoms. The molecule has 4 aromatic rings. The van der Waals surface area contributed by atoms with Crippen molar-refractivity contribution in [2.75, 3.05) is 6.61 Å². The minimum absolute atomic E-state index is 0.261. The second-order valence-corrected chi connectivity index (χ2v) is 7.88. The Kier molecular flexibility index (Phi) is 5.83. The first-order chi connectivity index (χ1) is 14.9. The summed E-state index contributed by atoms with van der Waals surface area (Å²) in [6.45, 7) is 3.61. The third kappa shape index (κ3) is 4.65. The molecule has 0 unspecified atom stereocenters. The molecule has 0 amide bonds. The van der Waals surface area contributed by atoms with E-state index in [-0.39, 0.29) is 12.4 Å². The standard InChI is InChI=1S/C26H20ClNO3/c1-16-3-7-18(8-4-16)24-14-22(21-13-20(27)11-12-23(21)28-24)26(30)31-15-25(29)19-9-5-17(2)6-10-19/h3-14H,15H2,1-2H3. The van der Waals surface area contributed by atoms with Gasteiger partial charge >= 0.3 is 5.97 Å². The van der Waals surface area contributed by atoms with Gasteiger partial charge in [0.1, 0.15) is 0 Å². The number of rotatable bonds is 5. The van der Waals surface area contributed by atoms with Crippen molar-refractivity contribution in [3.63, 3.8) is 0 Å². The van der Waals surface area contributed by atoms with Gasteiger partial charge < -0.3 is 4.74 Å². The Morgan fingerprint density at radius 3 is 2.19 bits per heavy atom. The molecule has 0 radical (unpaired) electrons. The molecule has 4 nitrogen and oxygen atoms in total. The highest BCUT2D eigenvalue weighted by Gasteiger charge is 2.17. The summed E-state index contributed by atoms with van der Waals surface area (Å²) in [4.78, 5) is 30.0. The van der Waals surface area contributed by atoms with Gasteiger partial charge in [-0.1, -0.05) is 71.3 Å². The molecule has 0 saturated carbocycles. The maximum atomic E-state index is 13.0. The van der Waals surface area contributed by atoms with Crippen molar-refractivity contribution >= 4 is 34.3 Å². The Morgan fingerprint density at radius 1 is 0.871 bits per heavy atom. The molecule has 0 bridgehead atoms. The highest BCUT2D eigenvalue weighted by atomic mass is 35.5. The summed E-state index contributed by atoms with van der Waals surface area (Å²) < 4.78 is 5.37. The normalized spacial score (nSPS) is 10.8. The van der Waals surface area contributed by atoms with E-state index in [1.807, 2.05) is 50.2 Å². The van der Waals surface area contributed by atoms with Crippen molar-refractivity contribution in [2.45, 2.75) is 13.8 Å². The van der Waals surface area contributed by atoms with Gasteiger partial charge in [-0.15, -0.1) is 0 Å². The molecule has 0 N–H and O–H groups in total. The molecule has 4 rings (SSSR count). The van der Waals surface area contributed by atoms with Gasteiger partial charge in [-0.05, 0) is 38.1 Å². The Balaban J connectivity index is 1.66. The zero-order valence-electron chi connectivity index (χ0n) is 17.2. The van der Waals surface area contributed by atoms with Gasteiger partial charge in [-0.3, -0.25) is 4.79 Å². The summed E-state index contributed by atoms with van der Waals surface area (Å²) in [5, 5.41) is 1.07. The maximum absolute atomic E-state index is 13.0. The molecule has 154 valence electrons. The van der Waals surface area contributed by atoms with Crippen LogP contribution in [0.25, 0.3) is 22.2 Å². The lowest BCUT2D eigenvalue weighted by atomic mass is 10.0. The van der Waals surface area contributed by atoms with Crippen LogP contribution in [-0.2, 0) is 4.74 Å². The average Bonchev–Trinajstić information content (AvgIpc) is 2.77. The van der Waals surface area contributed by atoms with E-state index in [9.17, 15) is 9.59 Å². The number of fused-ring (bicyclic) bond motifs is 1. The third-order valence-electron chi connectivity index (χ3n) is 5.05. The molecule has 31 heavy (non-hydrogen) atoms. The fraction of sp³-hybridized carbons (Fsp3) is 0.115. The van der Waals surface area contributed by atoms with Crippen LogP contribution in [0.2, 0.25) is 5.02 Å². The third-order valence-corrected chi connectivity index (χ3v) is 5.28. The fourth-order valence-electron chi connectivity index (χ4n) is 3.27. The zero-order valence-corrected chi connectivity index (χ0v) is 17.9. The molecular formula is C26H20ClNO3. The van der Waals surface area contributed by atoms with Crippen LogP contribution in [0.5, 0.6) is 0 Å². The average molecular weight is 430 g/mol. The molecule has 0 atom stereocenters. The number of halogens is 1. The van der Waals surface area contributed by atoms with Crippen LogP contribution >= 0.6 is 11.6 Å². The van der Waals surface area contributed by atoms with Crippen LogP contribution in [0.1, 0.15) is 31.8 Å². The molecule has 5 heteroatoms. The van der Waals surface area contributed by atoms with Gasteiger partial charge in [0.2, 0.25) is 0 Å². The topological polar surface area (TPSA) is 56.3 Å². The Labute approximate surface area is 185 Å². The first kappa shape index (κ1) is 20.8. The molecule has 3 aromatic carbocycles. The molecule has 0 aliphatic carbocycles. The lowest BCUT2D eigenvalue weighted by molar-refractivity contribution is 0.0476. The second kappa shape index (κ2) is 8.70. The van der Waals surface area contributed by atoms with Crippen LogP contribution in [0.15, 0.2) is 72.8 Å². The predicted molar refractivity (Wildman–Crippen MR) is 123 cm³/mol. The molecular weight excluding hydrogens is 410 g/mol. The fourth-order valence-corrected chi connectivity index (χ4v) is 3.44. The molecule has 1 aromatic heterocycles. The highest BCUT2D eigenvalue weighted by molar-refractivity contribution is 6.31. The summed E-state index contributed by atoms with van der Waals surface area (Å²) in [5.74, 6) is -0.855. The predicted octanol–water partition coefficient (Wildman–Crippen LogP) is 6.21. The summed E-state index contributed by atoms with van der Waals surface area (Å²) in [5.41, 5.74) is 5.15. The van der Waals surface area contributed by atoms with Crippen molar-refractivity contribution in [3.8, 4) is 11.3 Å².